The van der Waals surface area contributed by atoms with Crippen LogP contribution in [0.1, 0.15) is 44.7 Å². The molecule has 0 atom stereocenters. The highest BCUT2D eigenvalue weighted by atomic mass is 32.2. The van der Waals surface area contributed by atoms with E-state index in [1.54, 1.807) is 21.7 Å². The number of carbonyl (C=O) groups is 2. The van der Waals surface area contributed by atoms with Gasteiger partial charge in [-0.1, -0.05) is 42.5 Å². The van der Waals surface area contributed by atoms with Crippen molar-refractivity contribution < 1.29 is 22.7 Å². The Morgan fingerprint density at radius 1 is 1.00 bits per heavy atom. The van der Waals surface area contributed by atoms with Crippen LogP contribution in [0.15, 0.2) is 83.9 Å². The van der Waals surface area contributed by atoms with Crippen molar-refractivity contribution in [3.05, 3.63) is 101 Å². The minimum atomic E-state index is -4.16. The fourth-order valence-corrected chi connectivity index (χ4v) is 7.44. The van der Waals surface area contributed by atoms with Crippen LogP contribution in [0.5, 0.6) is 5.88 Å². The number of hydrogen-bond acceptors (Lipinski definition) is 8. The summed E-state index contributed by atoms with van der Waals surface area (Å²) in [6.45, 7) is 4.46. The highest BCUT2D eigenvalue weighted by Gasteiger charge is 2.41. The van der Waals surface area contributed by atoms with Crippen LogP contribution >= 0.6 is 0 Å². The number of aryl methyl sites for hydroxylation is 2. The number of carbonyl (C=O) groups excluding carboxylic acids is 2. The van der Waals surface area contributed by atoms with Gasteiger partial charge in [-0.05, 0) is 49.2 Å². The number of hydrogen-bond donors (Lipinski definition) is 2. The number of ether oxygens (including phenoxy) is 1. The number of likely N-dealkylation sites (tertiary alicyclic amines) is 1. The second-order valence-corrected chi connectivity index (χ2v) is 13.7. The summed E-state index contributed by atoms with van der Waals surface area (Å²) < 4.78 is 37.6. The number of anilines is 1. The van der Waals surface area contributed by atoms with Crippen LogP contribution in [0.4, 0.5) is 5.95 Å². The summed E-state index contributed by atoms with van der Waals surface area (Å²) in [6, 6.07) is 22.7. The fourth-order valence-electron chi connectivity index (χ4n) is 6.45. The number of amides is 2. The molecule has 4 bridgehead atoms. The molecule has 2 amide bonds. The maximum absolute atomic E-state index is 13.9. The van der Waals surface area contributed by atoms with Gasteiger partial charge in [-0.25, -0.2) is 18.1 Å². The SMILES string of the molecule is Cc1cccc(C)c1-c1cc2nc(n1)NS(=O)(=O)c1cccc(c1)C(=O)NC1(CCN(C(=O)c3cn(CC#N)c4ccccc34)CC1)O2. The molecule has 13 heteroatoms. The average molecular weight is 662 g/mol. The third kappa shape index (κ3) is 5.60. The lowest BCUT2D eigenvalue weighted by atomic mass is 9.98. The van der Waals surface area contributed by atoms with E-state index in [9.17, 15) is 23.3 Å². The topological polar surface area (TPSA) is 159 Å². The lowest BCUT2D eigenvalue weighted by molar-refractivity contribution is -0.0199. The van der Waals surface area contributed by atoms with Gasteiger partial charge in [0.25, 0.3) is 21.8 Å². The number of fused-ring (bicyclic) bond motifs is 5. The molecular formula is C35H31N7O5S. The number of piperidine rings is 1. The number of sulfonamides is 1. The van der Waals surface area contributed by atoms with Crippen molar-refractivity contribution in [3.8, 4) is 23.2 Å². The van der Waals surface area contributed by atoms with Crippen molar-refractivity contribution in [1.82, 2.24) is 24.8 Å². The van der Waals surface area contributed by atoms with Crippen molar-refractivity contribution in [1.29, 1.82) is 5.26 Å². The Morgan fingerprint density at radius 3 is 2.48 bits per heavy atom. The maximum Gasteiger partial charge on any atom is 0.264 e. The molecule has 2 aromatic heterocycles. The summed E-state index contributed by atoms with van der Waals surface area (Å²) in [5.41, 5.74) is 3.22. The molecule has 2 aliphatic heterocycles. The highest BCUT2D eigenvalue weighted by molar-refractivity contribution is 7.92. The zero-order valence-corrected chi connectivity index (χ0v) is 27.0. The Hall–Kier alpha value is -5.74. The molecule has 2 N–H and O–H groups in total. The largest absolute Gasteiger partial charge is 0.451 e. The van der Waals surface area contributed by atoms with Crippen LogP contribution in [-0.2, 0) is 16.6 Å². The van der Waals surface area contributed by atoms with Gasteiger partial charge >= 0.3 is 0 Å². The second kappa shape index (κ2) is 11.8. The lowest BCUT2D eigenvalue weighted by Gasteiger charge is -2.42. The van der Waals surface area contributed by atoms with Gasteiger partial charge in [0.05, 0.1) is 22.2 Å². The first-order valence-electron chi connectivity index (χ1n) is 15.4. The minimum absolute atomic E-state index is 0.0595. The summed E-state index contributed by atoms with van der Waals surface area (Å²) in [7, 11) is -4.16. The zero-order valence-electron chi connectivity index (χ0n) is 26.2. The van der Waals surface area contributed by atoms with Crippen LogP contribution in [-0.4, -0.2) is 58.5 Å². The summed E-state index contributed by atoms with van der Waals surface area (Å²) in [6.07, 6.45) is 2.13. The van der Waals surface area contributed by atoms with Crippen LogP contribution in [0.3, 0.4) is 0 Å². The molecular weight excluding hydrogens is 630 g/mol. The number of nitriles is 1. The average Bonchev–Trinajstić information content (AvgIpc) is 3.42. The van der Waals surface area contributed by atoms with E-state index in [1.807, 2.05) is 56.3 Å². The molecule has 1 saturated heterocycles. The Bertz CT molecular complexity index is 2250. The van der Waals surface area contributed by atoms with Crippen molar-refractivity contribution in [2.24, 2.45) is 0 Å². The predicted octanol–water partition coefficient (Wildman–Crippen LogP) is 4.79. The molecule has 5 aromatic rings. The third-order valence-corrected chi connectivity index (χ3v) is 10.2. The zero-order chi connectivity index (χ0) is 33.6. The minimum Gasteiger partial charge on any atom is -0.451 e. The normalized spacial score (nSPS) is 16.5. The van der Waals surface area contributed by atoms with Crippen molar-refractivity contribution in [2.75, 3.05) is 17.8 Å². The quantitative estimate of drug-likeness (QED) is 0.279. The van der Waals surface area contributed by atoms with E-state index in [1.165, 1.54) is 24.3 Å². The van der Waals surface area contributed by atoms with Crippen LogP contribution < -0.4 is 14.8 Å². The molecule has 0 saturated carbocycles. The summed E-state index contributed by atoms with van der Waals surface area (Å²) in [4.78, 5) is 38.1. The molecule has 1 spiro atoms. The predicted molar refractivity (Wildman–Crippen MR) is 178 cm³/mol. The monoisotopic (exact) mass is 661 g/mol. The van der Waals surface area contributed by atoms with Crippen molar-refractivity contribution in [3.63, 3.8) is 0 Å². The van der Waals surface area contributed by atoms with Crippen molar-refractivity contribution in [2.45, 2.75) is 43.9 Å². The molecule has 3 aromatic carbocycles. The number of aromatic nitrogens is 3. The Morgan fingerprint density at radius 2 is 1.73 bits per heavy atom. The van der Waals surface area contributed by atoms with Crippen LogP contribution in [0, 0.1) is 25.2 Å². The van der Waals surface area contributed by atoms with Crippen molar-refractivity contribution >= 4 is 38.7 Å². The number of para-hydroxylation sites is 1. The lowest BCUT2D eigenvalue weighted by Crippen LogP contribution is -2.59. The maximum atomic E-state index is 13.9. The molecule has 12 nitrogen and oxygen atoms in total. The molecule has 4 heterocycles. The van der Waals surface area contributed by atoms with Gasteiger partial charge in [0, 0.05) is 60.2 Å². The van der Waals surface area contributed by atoms with E-state index >= 15 is 0 Å². The molecule has 2 aliphatic rings. The molecule has 7 rings (SSSR count). The molecule has 242 valence electrons. The van der Waals surface area contributed by atoms with Gasteiger partial charge < -0.3 is 19.5 Å². The smallest absolute Gasteiger partial charge is 0.264 e. The molecule has 0 radical (unpaired) electrons. The highest BCUT2D eigenvalue weighted by Crippen LogP contribution is 2.34. The second-order valence-electron chi connectivity index (χ2n) is 12.0. The number of nitrogens with zero attached hydrogens (tertiary/aromatic N) is 5. The molecule has 0 aliphatic carbocycles. The summed E-state index contributed by atoms with van der Waals surface area (Å²) >= 11 is 0. The van der Waals surface area contributed by atoms with Gasteiger partial charge in [0.1, 0.15) is 6.54 Å². The van der Waals surface area contributed by atoms with E-state index in [2.05, 4.69) is 26.1 Å². The molecule has 1 fully saturated rings. The summed E-state index contributed by atoms with van der Waals surface area (Å²) in [5, 5.41) is 13.1. The first kappa shape index (κ1) is 30.9. The van der Waals surface area contributed by atoms with Crippen LogP contribution in [0.2, 0.25) is 0 Å². The van der Waals surface area contributed by atoms with E-state index in [4.69, 9.17) is 4.74 Å². The Kier molecular flexibility index (Phi) is 7.60. The van der Waals surface area contributed by atoms with E-state index in [-0.39, 0.29) is 60.7 Å². The van der Waals surface area contributed by atoms with Gasteiger partial charge in [-0.3, -0.25) is 9.59 Å². The number of rotatable bonds is 3. The van der Waals surface area contributed by atoms with E-state index < -0.39 is 21.7 Å². The van der Waals surface area contributed by atoms with Gasteiger partial charge in [-0.2, -0.15) is 10.2 Å². The fraction of sp³-hybridized carbons (Fsp3) is 0.229. The first-order chi connectivity index (χ1) is 23.1. The molecule has 48 heavy (non-hydrogen) atoms. The summed E-state index contributed by atoms with van der Waals surface area (Å²) in [5.74, 6) is -0.847. The van der Waals surface area contributed by atoms with E-state index in [0.29, 0.717) is 11.3 Å². The van der Waals surface area contributed by atoms with Gasteiger partial charge in [0.2, 0.25) is 11.8 Å². The van der Waals surface area contributed by atoms with Crippen LogP contribution in [0.25, 0.3) is 22.2 Å². The third-order valence-electron chi connectivity index (χ3n) is 8.83. The number of nitrogens with one attached hydrogen (secondary N) is 2. The first-order valence-corrected chi connectivity index (χ1v) is 16.9. The van der Waals surface area contributed by atoms with Gasteiger partial charge in [-0.15, -0.1) is 0 Å². The Balaban J connectivity index is 1.27. The number of benzene rings is 3. The van der Waals surface area contributed by atoms with E-state index in [0.717, 1.165) is 27.6 Å². The molecule has 0 unspecified atom stereocenters. The standard InChI is InChI=1S/C35H31N7O5S/c1-22-7-5-8-23(2)31(22)28-20-30-38-34(37-28)40-48(45,46)25-10-6-9-24(19-25)32(43)39-35(47-30)13-16-41(17-14-35)33(44)27-21-42(18-15-36)29-12-4-3-11-26(27)29/h3-12,19-21H,13-14,16-18H2,1-2H3,(H,39,43)(H,37,38,40). The van der Waals surface area contributed by atoms with Gasteiger partial charge in [0.15, 0.2) is 5.72 Å². The Labute approximate surface area is 277 Å².